The largest absolute Gasteiger partial charge is 0.370 e. The Balaban J connectivity index is 1.60. The number of hydrogen-bond donors (Lipinski definition) is 2. The molecule has 5 nitrogen and oxygen atoms in total. The lowest BCUT2D eigenvalue weighted by Gasteiger charge is -2.10. The molecule has 2 aromatic carbocycles. The Morgan fingerprint density at radius 3 is 2.63 bits per heavy atom. The Morgan fingerprint density at radius 2 is 1.89 bits per heavy atom. The van der Waals surface area contributed by atoms with Gasteiger partial charge in [0.05, 0.1) is 0 Å². The van der Waals surface area contributed by atoms with Gasteiger partial charge in [0.2, 0.25) is 0 Å². The fraction of sp³-hybridized carbons (Fsp3) is 0.150. The Labute approximate surface area is 161 Å². The molecule has 0 aliphatic rings. The second-order valence-corrected chi connectivity index (χ2v) is 6.44. The Bertz CT molecular complexity index is 947. The standard InChI is InChI=1S/C20H18ClFN4O/c1-13-10-15(21)4-7-17(13)26-20(27)18-11-19(25-12-24-18)23-9-8-14-2-5-16(22)6-3-14/h2-7,10-12H,8-9H2,1H3,(H,26,27)(H,23,24,25). The van der Waals surface area contributed by atoms with Crippen LogP contribution in [0.4, 0.5) is 15.9 Å². The molecule has 2 N–H and O–H groups in total. The molecule has 1 amide bonds. The van der Waals surface area contributed by atoms with Crippen molar-refractivity contribution in [3.8, 4) is 0 Å². The van der Waals surface area contributed by atoms with Gasteiger partial charge in [-0.15, -0.1) is 0 Å². The third kappa shape index (κ3) is 5.24. The van der Waals surface area contributed by atoms with Gasteiger partial charge < -0.3 is 10.6 Å². The Hall–Kier alpha value is -2.99. The zero-order valence-corrected chi connectivity index (χ0v) is 15.4. The summed E-state index contributed by atoms with van der Waals surface area (Å²) in [4.78, 5) is 20.6. The lowest BCUT2D eigenvalue weighted by atomic mass is 10.1. The number of aryl methyl sites for hydroxylation is 1. The Morgan fingerprint density at radius 1 is 1.11 bits per heavy atom. The number of nitrogens with zero attached hydrogens (tertiary/aromatic N) is 2. The summed E-state index contributed by atoms with van der Waals surface area (Å²) in [7, 11) is 0. The lowest BCUT2D eigenvalue weighted by Crippen LogP contribution is -2.15. The van der Waals surface area contributed by atoms with Crippen LogP contribution in [0.1, 0.15) is 21.6 Å². The highest BCUT2D eigenvalue weighted by Crippen LogP contribution is 2.20. The van der Waals surface area contributed by atoms with Crippen LogP contribution in [0.5, 0.6) is 0 Å². The van der Waals surface area contributed by atoms with Crippen LogP contribution in [-0.2, 0) is 6.42 Å². The molecular weight excluding hydrogens is 367 g/mol. The number of amides is 1. The average Bonchev–Trinajstić information content (AvgIpc) is 2.66. The van der Waals surface area contributed by atoms with Crippen molar-refractivity contribution in [3.05, 3.63) is 82.5 Å². The molecule has 0 saturated carbocycles. The monoisotopic (exact) mass is 384 g/mol. The molecule has 0 unspecified atom stereocenters. The zero-order valence-electron chi connectivity index (χ0n) is 14.7. The molecule has 0 aliphatic carbocycles. The predicted octanol–water partition coefficient (Wildman–Crippen LogP) is 4.48. The quantitative estimate of drug-likeness (QED) is 0.657. The van der Waals surface area contributed by atoms with Gasteiger partial charge in [0.1, 0.15) is 23.7 Å². The van der Waals surface area contributed by atoms with Gasteiger partial charge in [-0.25, -0.2) is 14.4 Å². The summed E-state index contributed by atoms with van der Waals surface area (Å²) in [6, 6.07) is 13.2. The van der Waals surface area contributed by atoms with Crippen molar-refractivity contribution >= 4 is 29.0 Å². The maximum absolute atomic E-state index is 12.9. The van der Waals surface area contributed by atoms with Crippen molar-refractivity contribution in [2.45, 2.75) is 13.3 Å². The van der Waals surface area contributed by atoms with Gasteiger partial charge in [-0.1, -0.05) is 23.7 Å². The Kier molecular flexibility index (Phi) is 5.98. The highest BCUT2D eigenvalue weighted by molar-refractivity contribution is 6.30. The molecule has 0 bridgehead atoms. The first kappa shape index (κ1) is 18.8. The molecule has 1 aromatic heterocycles. The fourth-order valence-corrected chi connectivity index (χ4v) is 2.74. The van der Waals surface area contributed by atoms with Gasteiger partial charge in [0, 0.05) is 23.3 Å². The number of carbonyl (C=O) groups is 1. The van der Waals surface area contributed by atoms with E-state index >= 15 is 0 Å². The molecular formula is C20H18ClFN4O. The molecule has 3 aromatic rings. The summed E-state index contributed by atoms with van der Waals surface area (Å²) in [5.41, 5.74) is 2.80. The molecule has 0 atom stereocenters. The van der Waals surface area contributed by atoms with E-state index in [4.69, 9.17) is 11.6 Å². The second-order valence-electron chi connectivity index (χ2n) is 6.01. The van der Waals surface area contributed by atoms with Crippen LogP contribution < -0.4 is 10.6 Å². The first-order chi connectivity index (χ1) is 13.0. The normalized spacial score (nSPS) is 10.5. The van der Waals surface area contributed by atoms with E-state index in [2.05, 4.69) is 20.6 Å². The summed E-state index contributed by atoms with van der Waals surface area (Å²) in [5.74, 6) is -0.0383. The number of rotatable bonds is 6. The number of anilines is 2. The molecule has 3 rings (SSSR count). The molecule has 1 heterocycles. The van der Waals surface area contributed by atoms with Crippen molar-refractivity contribution < 1.29 is 9.18 Å². The van der Waals surface area contributed by atoms with E-state index in [0.29, 0.717) is 29.5 Å². The van der Waals surface area contributed by atoms with Crippen LogP contribution in [0.15, 0.2) is 54.9 Å². The smallest absolute Gasteiger partial charge is 0.274 e. The van der Waals surface area contributed by atoms with E-state index in [-0.39, 0.29) is 17.4 Å². The van der Waals surface area contributed by atoms with Crippen molar-refractivity contribution in [2.24, 2.45) is 0 Å². The topological polar surface area (TPSA) is 66.9 Å². The maximum Gasteiger partial charge on any atom is 0.274 e. The van der Waals surface area contributed by atoms with Crippen LogP contribution in [0.25, 0.3) is 0 Å². The van der Waals surface area contributed by atoms with Crippen molar-refractivity contribution in [3.63, 3.8) is 0 Å². The fourth-order valence-electron chi connectivity index (χ4n) is 2.52. The summed E-state index contributed by atoms with van der Waals surface area (Å²) >= 11 is 5.93. The van der Waals surface area contributed by atoms with Crippen molar-refractivity contribution in [2.75, 3.05) is 17.2 Å². The molecule has 0 fully saturated rings. The number of benzene rings is 2. The summed E-state index contributed by atoms with van der Waals surface area (Å²) in [6.07, 6.45) is 2.04. The number of aromatic nitrogens is 2. The van der Waals surface area contributed by atoms with Crippen molar-refractivity contribution in [1.29, 1.82) is 0 Å². The van der Waals surface area contributed by atoms with Gasteiger partial charge in [-0.2, -0.15) is 0 Å². The molecule has 0 radical (unpaired) electrons. The van der Waals surface area contributed by atoms with E-state index in [1.54, 1.807) is 36.4 Å². The first-order valence-corrected chi connectivity index (χ1v) is 8.77. The minimum absolute atomic E-state index is 0.253. The van der Waals surface area contributed by atoms with Crippen LogP contribution in [0, 0.1) is 12.7 Å². The summed E-state index contributed by atoms with van der Waals surface area (Å²) < 4.78 is 12.9. The summed E-state index contributed by atoms with van der Waals surface area (Å²) in [5, 5.41) is 6.57. The van der Waals surface area contributed by atoms with Gasteiger partial charge in [-0.05, 0) is 54.8 Å². The SMILES string of the molecule is Cc1cc(Cl)ccc1NC(=O)c1cc(NCCc2ccc(F)cc2)ncn1. The number of hydrogen-bond acceptors (Lipinski definition) is 4. The van der Waals surface area contributed by atoms with E-state index in [1.165, 1.54) is 18.5 Å². The number of halogens is 2. The third-order valence-corrected chi connectivity index (χ3v) is 4.20. The molecule has 138 valence electrons. The highest BCUT2D eigenvalue weighted by atomic mass is 35.5. The maximum atomic E-state index is 12.9. The minimum atomic E-state index is -0.329. The van der Waals surface area contributed by atoms with E-state index < -0.39 is 0 Å². The molecule has 0 spiro atoms. The first-order valence-electron chi connectivity index (χ1n) is 8.39. The van der Waals surface area contributed by atoms with Gasteiger partial charge in [-0.3, -0.25) is 4.79 Å². The van der Waals surface area contributed by atoms with Gasteiger partial charge in [0.15, 0.2) is 0 Å². The lowest BCUT2D eigenvalue weighted by molar-refractivity contribution is 0.102. The minimum Gasteiger partial charge on any atom is -0.370 e. The van der Waals surface area contributed by atoms with E-state index in [1.807, 2.05) is 6.92 Å². The van der Waals surface area contributed by atoms with Crippen LogP contribution >= 0.6 is 11.6 Å². The van der Waals surface area contributed by atoms with Gasteiger partial charge in [0.25, 0.3) is 5.91 Å². The van der Waals surface area contributed by atoms with E-state index in [0.717, 1.165) is 11.1 Å². The third-order valence-electron chi connectivity index (χ3n) is 3.97. The van der Waals surface area contributed by atoms with Crippen LogP contribution in [0.3, 0.4) is 0 Å². The molecule has 7 heteroatoms. The predicted molar refractivity (Wildman–Crippen MR) is 105 cm³/mol. The number of carbonyl (C=O) groups excluding carboxylic acids is 1. The molecule has 0 saturated heterocycles. The second kappa shape index (κ2) is 8.60. The van der Waals surface area contributed by atoms with Crippen LogP contribution in [0.2, 0.25) is 5.02 Å². The zero-order chi connectivity index (χ0) is 19.2. The molecule has 0 aliphatic heterocycles. The summed E-state index contributed by atoms with van der Waals surface area (Å²) in [6.45, 7) is 2.46. The van der Waals surface area contributed by atoms with Crippen LogP contribution in [-0.4, -0.2) is 22.4 Å². The number of nitrogens with one attached hydrogen (secondary N) is 2. The van der Waals surface area contributed by atoms with Gasteiger partial charge >= 0.3 is 0 Å². The molecule has 27 heavy (non-hydrogen) atoms. The highest BCUT2D eigenvalue weighted by Gasteiger charge is 2.11. The average molecular weight is 385 g/mol. The van der Waals surface area contributed by atoms with E-state index in [9.17, 15) is 9.18 Å². The van der Waals surface area contributed by atoms with Crippen molar-refractivity contribution in [1.82, 2.24) is 9.97 Å².